The van der Waals surface area contributed by atoms with E-state index in [4.69, 9.17) is 0 Å². The molecule has 0 aliphatic carbocycles. The van der Waals surface area contributed by atoms with Crippen LogP contribution in [0.2, 0.25) is 0 Å². The monoisotopic (exact) mass is 298 g/mol. The van der Waals surface area contributed by atoms with Gasteiger partial charge >= 0.3 is 6.36 Å². The first-order chi connectivity index (χ1) is 9.90. The van der Waals surface area contributed by atoms with Crippen LogP contribution in [0, 0.1) is 0 Å². The number of aromatic amines is 1. The summed E-state index contributed by atoms with van der Waals surface area (Å²) in [6.07, 6.45) is -2.32. The lowest BCUT2D eigenvalue weighted by atomic mass is 10.0. The third-order valence-corrected chi connectivity index (χ3v) is 2.79. The summed E-state index contributed by atoms with van der Waals surface area (Å²) in [6.45, 7) is 1.90. The molecule has 1 aromatic carbocycles. The fourth-order valence-electron chi connectivity index (χ4n) is 2.00. The number of halogens is 3. The number of hydrogen-bond donors (Lipinski definition) is 1. The number of rotatable bonds is 4. The largest absolute Gasteiger partial charge is 0.573 e. The van der Waals surface area contributed by atoms with Crippen LogP contribution in [-0.4, -0.2) is 16.3 Å². The second kappa shape index (κ2) is 5.99. The summed E-state index contributed by atoms with van der Waals surface area (Å²) in [5.74, 6) is -0.343. The molecule has 21 heavy (non-hydrogen) atoms. The lowest BCUT2D eigenvalue weighted by Crippen LogP contribution is -2.17. The Balaban J connectivity index is 2.45. The molecule has 0 radical (unpaired) electrons. The van der Waals surface area contributed by atoms with Crippen molar-refractivity contribution in [3.05, 3.63) is 46.5 Å². The van der Waals surface area contributed by atoms with Gasteiger partial charge in [0.15, 0.2) is 0 Å². The summed E-state index contributed by atoms with van der Waals surface area (Å²) in [5, 5.41) is 0. The molecule has 0 aliphatic rings. The van der Waals surface area contributed by atoms with Crippen LogP contribution in [0.1, 0.15) is 18.9 Å². The maximum atomic E-state index is 12.2. The summed E-state index contributed by atoms with van der Waals surface area (Å²) in [4.78, 5) is 18.4. The second-order valence-electron chi connectivity index (χ2n) is 4.38. The smallest absolute Gasteiger partial charge is 0.406 e. The van der Waals surface area contributed by atoms with Crippen molar-refractivity contribution in [3.63, 3.8) is 0 Å². The maximum Gasteiger partial charge on any atom is 0.573 e. The van der Waals surface area contributed by atoms with Crippen LogP contribution in [-0.2, 0) is 6.42 Å². The fourth-order valence-corrected chi connectivity index (χ4v) is 2.00. The van der Waals surface area contributed by atoms with Crippen LogP contribution in [0.3, 0.4) is 0 Å². The van der Waals surface area contributed by atoms with Crippen LogP contribution in [0.25, 0.3) is 11.3 Å². The molecule has 112 valence electrons. The van der Waals surface area contributed by atoms with E-state index in [1.807, 2.05) is 6.92 Å². The summed E-state index contributed by atoms with van der Waals surface area (Å²) in [5.41, 5.74) is 0.938. The predicted octanol–water partition coefficient (Wildman–Crippen LogP) is 3.29. The maximum absolute atomic E-state index is 12.2. The molecular weight excluding hydrogens is 285 g/mol. The van der Waals surface area contributed by atoms with Crippen LogP contribution in [0.5, 0.6) is 5.75 Å². The Bertz CT molecular complexity index is 680. The second-order valence-corrected chi connectivity index (χ2v) is 4.38. The van der Waals surface area contributed by atoms with Crippen molar-refractivity contribution in [2.75, 3.05) is 0 Å². The van der Waals surface area contributed by atoms with Gasteiger partial charge < -0.3 is 9.72 Å². The average molecular weight is 298 g/mol. The Labute approximate surface area is 118 Å². The number of nitrogens with zero attached hydrogens (tertiary/aromatic N) is 1. The molecule has 0 saturated carbocycles. The lowest BCUT2D eigenvalue weighted by Gasteiger charge is -2.11. The SMILES string of the molecule is CCCc1c(-c2cccc(OC(F)(F)F)c2)nc[nH]c1=O. The molecule has 1 heterocycles. The minimum atomic E-state index is -4.76. The van der Waals surface area contributed by atoms with E-state index in [1.165, 1.54) is 24.5 Å². The van der Waals surface area contributed by atoms with Gasteiger partial charge in [0.25, 0.3) is 5.56 Å². The lowest BCUT2D eigenvalue weighted by molar-refractivity contribution is -0.274. The number of hydrogen-bond acceptors (Lipinski definition) is 3. The van der Waals surface area contributed by atoms with Gasteiger partial charge in [0.1, 0.15) is 5.75 Å². The third kappa shape index (κ3) is 3.84. The Morgan fingerprint density at radius 2 is 2.10 bits per heavy atom. The summed E-state index contributed by atoms with van der Waals surface area (Å²) >= 11 is 0. The van der Waals surface area contributed by atoms with Gasteiger partial charge in [0, 0.05) is 11.1 Å². The summed E-state index contributed by atoms with van der Waals surface area (Å²) in [7, 11) is 0. The number of benzene rings is 1. The van der Waals surface area contributed by atoms with E-state index >= 15 is 0 Å². The minimum Gasteiger partial charge on any atom is -0.406 e. The highest BCUT2D eigenvalue weighted by Crippen LogP contribution is 2.28. The number of alkyl halides is 3. The van der Waals surface area contributed by atoms with Gasteiger partial charge in [0.2, 0.25) is 0 Å². The van der Waals surface area contributed by atoms with Gasteiger partial charge in [-0.15, -0.1) is 13.2 Å². The first-order valence-corrected chi connectivity index (χ1v) is 6.33. The normalized spacial score (nSPS) is 11.4. The molecule has 7 heteroatoms. The zero-order valence-corrected chi connectivity index (χ0v) is 11.2. The van der Waals surface area contributed by atoms with Gasteiger partial charge in [-0.25, -0.2) is 4.98 Å². The predicted molar refractivity (Wildman–Crippen MR) is 71.0 cm³/mol. The van der Waals surface area contributed by atoms with Crippen molar-refractivity contribution in [1.82, 2.24) is 9.97 Å². The van der Waals surface area contributed by atoms with Gasteiger partial charge in [0.05, 0.1) is 12.0 Å². The molecule has 0 spiro atoms. The highest BCUT2D eigenvalue weighted by molar-refractivity contribution is 5.64. The molecule has 0 unspecified atom stereocenters. The number of ether oxygens (including phenoxy) is 1. The zero-order valence-electron chi connectivity index (χ0n) is 11.2. The van der Waals surface area contributed by atoms with E-state index in [-0.39, 0.29) is 11.3 Å². The first kappa shape index (κ1) is 15.1. The fraction of sp³-hybridized carbons (Fsp3) is 0.286. The molecule has 0 fully saturated rings. The zero-order chi connectivity index (χ0) is 15.5. The standard InChI is InChI=1S/C14H13F3N2O2/c1-2-4-11-12(18-8-19-13(11)20)9-5-3-6-10(7-9)21-14(15,16)17/h3,5-8H,2,4H2,1H3,(H,18,19,20). The summed E-state index contributed by atoms with van der Waals surface area (Å²) < 4.78 is 40.6. The van der Waals surface area contributed by atoms with Crippen LogP contribution < -0.4 is 10.3 Å². The Kier molecular flexibility index (Phi) is 4.30. The molecule has 0 atom stereocenters. The van der Waals surface area contributed by atoms with E-state index < -0.39 is 6.36 Å². The van der Waals surface area contributed by atoms with Crippen molar-refractivity contribution in [1.29, 1.82) is 0 Å². The molecule has 1 N–H and O–H groups in total. The molecule has 0 saturated heterocycles. The molecule has 1 aromatic heterocycles. The van der Waals surface area contributed by atoms with Gasteiger partial charge in [-0.3, -0.25) is 4.79 Å². The number of H-pyrrole nitrogens is 1. The van der Waals surface area contributed by atoms with Crippen molar-refractivity contribution in [2.24, 2.45) is 0 Å². The van der Waals surface area contributed by atoms with E-state index in [9.17, 15) is 18.0 Å². The highest BCUT2D eigenvalue weighted by atomic mass is 19.4. The van der Waals surface area contributed by atoms with Crippen LogP contribution >= 0.6 is 0 Å². The van der Waals surface area contributed by atoms with Crippen molar-refractivity contribution >= 4 is 0 Å². The summed E-state index contributed by atoms with van der Waals surface area (Å²) in [6, 6.07) is 5.43. The first-order valence-electron chi connectivity index (χ1n) is 6.33. The molecular formula is C14H13F3N2O2. The van der Waals surface area contributed by atoms with E-state index in [1.54, 1.807) is 6.07 Å². The molecule has 4 nitrogen and oxygen atoms in total. The topological polar surface area (TPSA) is 55.0 Å². The van der Waals surface area contributed by atoms with E-state index in [0.29, 0.717) is 23.2 Å². The average Bonchev–Trinajstić information content (AvgIpc) is 2.39. The van der Waals surface area contributed by atoms with Gasteiger partial charge in [-0.05, 0) is 18.6 Å². The quantitative estimate of drug-likeness (QED) is 0.942. The highest BCUT2D eigenvalue weighted by Gasteiger charge is 2.31. The van der Waals surface area contributed by atoms with Gasteiger partial charge in [-0.1, -0.05) is 25.5 Å². The van der Waals surface area contributed by atoms with E-state index in [2.05, 4.69) is 14.7 Å². The molecule has 0 bridgehead atoms. The number of nitrogens with one attached hydrogen (secondary N) is 1. The number of aromatic nitrogens is 2. The third-order valence-electron chi connectivity index (χ3n) is 2.79. The molecule has 2 rings (SSSR count). The Morgan fingerprint density at radius 1 is 1.33 bits per heavy atom. The van der Waals surface area contributed by atoms with Crippen LogP contribution in [0.15, 0.2) is 35.4 Å². The van der Waals surface area contributed by atoms with Crippen molar-refractivity contribution in [3.8, 4) is 17.0 Å². The van der Waals surface area contributed by atoms with Crippen molar-refractivity contribution in [2.45, 2.75) is 26.1 Å². The van der Waals surface area contributed by atoms with Gasteiger partial charge in [-0.2, -0.15) is 0 Å². The Morgan fingerprint density at radius 3 is 2.76 bits per heavy atom. The minimum absolute atomic E-state index is 0.288. The Hall–Kier alpha value is -2.31. The van der Waals surface area contributed by atoms with Crippen molar-refractivity contribution < 1.29 is 17.9 Å². The molecule has 0 amide bonds. The van der Waals surface area contributed by atoms with Crippen LogP contribution in [0.4, 0.5) is 13.2 Å². The molecule has 2 aromatic rings. The molecule has 0 aliphatic heterocycles. The van der Waals surface area contributed by atoms with E-state index in [0.717, 1.165) is 6.42 Å².